The van der Waals surface area contributed by atoms with Crippen molar-refractivity contribution >= 4 is 15.9 Å². The zero-order chi connectivity index (χ0) is 13.4. The van der Waals surface area contributed by atoms with Gasteiger partial charge in [-0.1, -0.05) is 30.3 Å². The predicted octanol–water partition coefficient (Wildman–Crippen LogP) is 0.324. The number of rotatable bonds is 4. The summed E-state index contributed by atoms with van der Waals surface area (Å²) in [4.78, 5) is 13.6. The number of primary sulfonamides is 1. The molecule has 0 bridgehead atoms. The van der Waals surface area contributed by atoms with Crippen molar-refractivity contribution in [1.82, 2.24) is 4.90 Å². The number of carbonyl (C=O) groups is 1. The van der Waals surface area contributed by atoms with Crippen LogP contribution < -0.4 is 5.14 Å². The third kappa shape index (κ3) is 2.70. The van der Waals surface area contributed by atoms with E-state index < -0.39 is 15.4 Å². The average Bonchev–Trinajstić information content (AvgIpc) is 2.27. The Morgan fingerprint density at radius 1 is 1.33 bits per heavy atom. The van der Waals surface area contributed by atoms with Crippen molar-refractivity contribution in [3.63, 3.8) is 0 Å². The van der Waals surface area contributed by atoms with Crippen LogP contribution in [0.15, 0.2) is 30.3 Å². The number of likely N-dealkylation sites (tertiary alicyclic amines) is 1. The maximum Gasteiger partial charge on any atom is 0.231 e. The average molecular weight is 268 g/mol. The van der Waals surface area contributed by atoms with Crippen LogP contribution >= 0.6 is 0 Å². The molecule has 1 aliphatic rings. The fraction of sp³-hybridized carbons (Fsp3) is 0.417. The van der Waals surface area contributed by atoms with Crippen molar-refractivity contribution in [3.05, 3.63) is 35.9 Å². The van der Waals surface area contributed by atoms with Gasteiger partial charge in [-0.15, -0.1) is 0 Å². The molecule has 1 aromatic rings. The van der Waals surface area contributed by atoms with E-state index in [1.165, 1.54) is 0 Å². The topological polar surface area (TPSA) is 80.5 Å². The van der Waals surface area contributed by atoms with Crippen LogP contribution in [0.5, 0.6) is 0 Å². The first kappa shape index (κ1) is 13.0. The molecule has 1 unspecified atom stereocenters. The third-order valence-electron chi connectivity index (χ3n) is 3.08. The van der Waals surface area contributed by atoms with Crippen molar-refractivity contribution in [2.45, 2.75) is 13.5 Å². The molecule has 1 heterocycles. The van der Waals surface area contributed by atoms with Gasteiger partial charge in [-0.25, -0.2) is 13.6 Å². The highest BCUT2D eigenvalue weighted by Crippen LogP contribution is 2.33. The summed E-state index contributed by atoms with van der Waals surface area (Å²) in [6.45, 7) is 2.58. The summed E-state index contributed by atoms with van der Waals surface area (Å²) in [5.74, 6) is -0.440. The summed E-state index contributed by atoms with van der Waals surface area (Å²) in [5, 5.41) is 4.99. The van der Waals surface area contributed by atoms with Crippen molar-refractivity contribution in [3.8, 4) is 0 Å². The molecule has 6 heteroatoms. The van der Waals surface area contributed by atoms with Crippen molar-refractivity contribution in [2.75, 3.05) is 12.3 Å². The van der Waals surface area contributed by atoms with Gasteiger partial charge < -0.3 is 4.90 Å². The number of benzene rings is 1. The van der Waals surface area contributed by atoms with Crippen LogP contribution in [0.25, 0.3) is 0 Å². The van der Waals surface area contributed by atoms with Gasteiger partial charge in [0.2, 0.25) is 15.9 Å². The maximum absolute atomic E-state index is 12.0. The number of sulfonamides is 1. The molecule has 98 valence electrons. The van der Waals surface area contributed by atoms with Crippen LogP contribution in [0.3, 0.4) is 0 Å². The lowest BCUT2D eigenvalue weighted by Gasteiger charge is -2.46. The number of β-lactam (4-membered cyclic amide) rings is 1. The Labute approximate surface area is 107 Å². The summed E-state index contributed by atoms with van der Waals surface area (Å²) < 4.78 is 22.1. The second-order valence-corrected chi connectivity index (χ2v) is 6.63. The minimum Gasteiger partial charge on any atom is -0.337 e. The SMILES string of the molecule is CC1(CS(N)(=O)=O)CN(Cc2ccccc2)C1=O. The highest BCUT2D eigenvalue weighted by molar-refractivity contribution is 7.89. The molecule has 0 radical (unpaired) electrons. The molecule has 1 fully saturated rings. The molecule has 0 spiro atoms. The monoisotopic (exact) mass is 268 g/mol. The second kappa shape index (κ2) is 4.37. The number of hydrogen-bond donors (Lipinski definition) is 1. The molecule has 1 aliphatic heterocycles. The molecule has 5 nitrogen and oxygen atoms in total. The smallest absolute Gasteiger partial charge is 0.231 e. The number of carbonyl (C=O) groups excluding carboxylic acids is 1. The molecule has 0 saturated carbocycles. The lowest BCUT2D eigenvalue weighted by molar-refractivity contribution is -0.157. The molecular formula is C12H16N2O3S. The lowest BCUT2D eigenvalue weighted by Crippen LogP contribution is -2.62. The van der Waals surface area contributed by atoms with Crippen LogP contribution in [0.1, 0.15) is 12.5 Å². The summed E-state index contributed by atoms with van der Waals surface area (Å²) in [5.41, 5.74) is 0.172. The Morgan fingerprint density at radius 3 is 2.44 bits per heavy atom. The first-order valence-corrected chi connectivity index (χ1v) is 7.35. The molecule has 1 atom stereocenters. The standard InChI is InChI=1S/C12H16N2O3S/c1-12(9-18(13,16)17)8-14(11(12)15)7-10-5-3-2-4-6-10/h2-6H,7-9H2,1H3,(H2,13,16,17). The molecule has 0 aromatic heterocycles. The Hall–Kier alpha value is -1.40. The molecule has 18 heavy (non-hydrogen) atoms. The molecule has 1 aromatic carbocycles. The van der Waals surface area contributed by atoms with Crippen molar-refractivity contribution in [1.29, 1.82) is 0 Å². The Morgan fingerprint density at radius 2 is 1.94 bits per heavy atom. The first-order chi connectivity index (χ1) is 8.30. The number of hydrogen-bond acceptors (Lipinski definition) is 3. The van der Waals surface area contributed by atoms with E-state index in [2.05, 4.69) is 0 Å². The molecular weight excluding hydrogens is 252 g/mol. The molecule has 1 saturated heterocycles. The molecule has 0 aliphatic carbocycles. The minimum atomic E-state index is -3.62. The van der Waals surface area contributed by atoms with Gasteiger partial charge in [0.05, 0.1) is 11.2 Å². The van der Waals surface area contributed by atoms with Gasteiger partial charge in [0.15, 0.2) is 0 Å². The fourth-order valence-corrected chi connectivity index (χ4v) is 3.44. The Bertz CT molecular complexity index is 556. The summed E-state index contributed by atoms with van der Waals surface area (Å²) in [7, 11) is -3.62. The molecule has 2 N–H and O–H groups in total. The van der Waals surface area contributed by atoms with Crippen LogP contribution in [-0.4, -0.2) is 31.5 Å². The van der Waals surface area contributed by atoms with Crippen molar-refractivity contribution < 1.29 is 13.2 Å². The van der Waals surface area contributed by atoms with Gasteiger partial charge in [-0.2, -0.15) is 0 Å². The van der Waals surface area contributed by atoms with Crippen molar-refractivity contribution in [2.24, 2.45) is 10.6 Å². The zero-order valence-electron chi connectivity index (χ0n) is 10.2. The Balaban J connectivity index is 2.00. The quantitative estimate of drug-likeness (QED) is 0.799. The van der Waals surface area contributed by atoms with E-state index >= 15 is 0 Å². The lowest BCUT2D eigenvalue weighted by atomic mass is 9.82. The van der Waals surface area contributed by atoms with E-state index in [1.807, 2.05) is 30.3 Å². The van der Waals surface area contributed by atoms with E-state index in [9.17, 15) is 13.2 Å². The third-order valence-corrected chi connectivity index (χ3v) is 4.12. The first-order valence-electron chi connectivity index (χ1n) is 5.64. The largest absolute Gasteiger partial charge is 0.337 e. The predicted molar refractivity (Wildman–Crippen MR) is 67.9 cm³/mol. The molecule has 1 amide bonds. The van der Waals surface area contributed by atoms with Gasteiger partial charge in [0.25, 0.3) is 0 Å². The van der Waals surface area contributed by atoms with Crippen LogP contribution in [0, 0.1) is 5.41 Å². The van der Waals surface area contributed by atoms with Gasteiger partial charge in [-0.05, 0) is 12.5 Å². The van der Waals surface area contributed by atoms with E-state index in [4.69, 9.17) is 5.14 Å². The number of nitrogens with zero attached hydrogens (tertiary/aromatic N) is 1. The molecule has 2 rings (SSSR count). The highest BCUT2D eigenvalue weighted by Gasteiger charge is 2.50. The minimum absolute atomic E-state index is 0.152. The van der Waals surface area contributed by atoms with Gasteiger partial charge in [0.1, 0.15) is 0 Å². The van der Waals surface area contributed by atoms with E-state index in [0.717, 1.165) is 5.56 Å². The normalized spacial score (nSPS) is 23.9. The summed E-state index contributed by atoms with van der Waals surface area (Å²) in [6, 6.07) is 9.59. The summed E-state index contributed by atoms with van der Waals surface area (Å²) >= 11 is 0. The van der Waals surface area contributed by atoms with E-state index in [0.29, 0.717) is 13.1 Å². The van der Waals surface area contributed by atoms with Crippen LogP contribution in [-0.2, 0) is 21.4 Å². The fourth-order valence-electron chi connectivity index (χ4n) is 2.33. The van der Waals surface area contributed by atoms with E-state index in [1.54, 1.807) is 11.8 Å². The summed E-state index contributed by atoms with van der Waals surface area (Å²) in [6.07, 6.45) is 0. The van der Waals surface area contributed by atoms with Crippen LogP contribution in [0.2, 0.25) is 0 Å². The van der Waals surface area contributed by atoms with E-state index in [-0.39, 0.29) is 11.7 Å². The van der Waals surface area contributed by atoms with Crippen LogP contribution in [0.4, 0.5) is 0 Å². The zero-order valence-corrected chi connectivity index (χ0v) is 11.0. The van der Waals surface area contributed by atoms with Gasteiger partial charge in [-0.3, -0.25) is 4.79 Å². The van der Waals surface area contributed by atoms with Gasteiger partial charge in [0, 0.05) is 13.1 Å². The maximum atomic E-state index is 12.0. The second-order valence-electron chi connectivity index (χ2n) is 5.01. The van der Waals surface area contributed by atoms with Gasteiger partial charge >= 0.3 is 0 Å². The number of amides is 1. The number of nitrogens with two attached hydrogens (primary N) is 1. The Kier molecular flexibility index (Phi) is 3.16. The highest BCUT2D eigenvalue weighted by atomic mass is 32.2.